The number of hydrogen-bond acceptors (Lipinski definition) is 4. The molecule has 0 aromatic heterocycles. The lowest BCUT2D eigenvalue weighted by Gasteiger charge is -2.37. The molecule has 0 spiro atoms. The van der Waals surface area contributed by atoms with E-state index >= 15 is 0 Å². The molecule has 32 heavy (non-hydrogen) atoms. The Balaban J connectivity index is 1.29. The summed E-state index contributed by atoms with van der Waals surface area (Å²) in [7, 11) is 1.84. The first-order valence-electron chi connectivity index (χ1n) is 12.4. The number of guanidine groups is 1. The summed E-state index contributed by atoms with van der Waals surface area (Å²) in [6.07, 6.45) is 6.99. The minimum atomic E-state index is -0.223. The lowest BCUT2D eigenvalue weighted by molar-refractivity contribution is -0.142. The third-order valence-corrected chi connectivity index (χ3v) is 6.96. The molecule has 3 saturated heterocycles. The van der Waals surface area contributed by atoms with Crippen LogP contribution in [0.25, 0.3) is 0 Å². The molecule has 0 bridgehead atoms. The summed E-state index contributed by atoms with van der Waals surface area (Å²) < 4.78 is 5.58. The van der Waals surface area contributed by atoms with Crippen molar-refractivity contribution in [2.75, 3.05) is 52.9 Å². The van der Waals surface area contributed by atoms with Crippen molar-refractivity contribution in [3.63, 3.8) is 0 Å². The minimum absolute atomic E-state index is 0.160. The Bertz CT molecular complexity index is 761. The van der Waals surface area contributed by atoms with E-state index in [9.17, 15) is 4.79 Å². The Hall–Kier alpha value is -2.12. The number of amides is 1. The fourth-order valence-corrected chi connectivity index (χ4v) is 5.04. The Morgan fingerprint density at radius 3 is 2.31 bits per heavy atom. The molecule has 7 heteroatoms. The van der Waals surface area contributed by atoms with E-state index in [1.807, 2.05) is 11.9 Å². The van der Waals surface area contributed by atoms with Gasteiger partial charge < -0.3 is 19.9 Å². The first-order chi connectivity index (χ1) is 15.7. The molecular weight excluding hydrogens is 402 g/mol. The van der Waals surface area contributed by atoms with Gasteiger partial charge in [-0.25, -0.2) is 0 Å². The summed E-state index contributed by atoms with van der Waals surface area (Å²) >= 11 is 0. The van der Waals surface area contributed by atoms with Crippen molar-refractivity contribution < 1.29 is 9.53 Å². The van der Waals surface area contributed by atoms with Gasteiger partial charge in [-0.3, -0.25) is 14.7 Å². The Kier molecular flexibility index (Phi) is 8.40. The molecule has 1 amide bonds. The van der Waals surface area contributed by atoms with Crippen LogP contribution in [0.5, 0.6) is 0 Å². The second kappa shape index (κ2) is 11.7. The number of carbonyl (C=O) groups is 1. The smallest absolute Gasteiger partial charge is 0.251 e. The van der Waals surface area contributed by atoms with Gasteiger partial charge in [-0.2, -0.15) is 0 Å². The lowest BCUT2D eigenvalue weighted by atomic mass is 10.1. The van der Waals surface area contributed by atoms with Gasteiger partial charge in [-0.05, 0) is 49.9 Å². The second-order valence-electron chi connectivity index (χ2n) is 9.17. The van der Waals surface area contributed by atoms with Crippen LogP contribution in [-0.2, 0) is 22.6 Å². The normalized spacial score (nSPS) is 23.3. The van der Waals surface area contributed by atoms with Gasteiger partial charge in [0.1, 0.15) is 6.10 Å². The van der Waals surface area contributed by atoms with Crippen LogP contribution in [-0.4, -0.2) is 85.6 Å². The van der Waals surface area contributed by atoms with Gasteiger partial charge in [0.25, 0.3) is 5.91 Å². The molecule has 3 fully saturated rings. The van der Waals surface area contributed by atoms with Crippen molar-refractivity contribution in [1.82, 2.24) is 20.0 Å². The van der Waals surface area contributed by atoms with Gasteiger partial charge in [-0.15, -0.1) is 0 Å². The largest absolute Gasteiger partial charge is 0.368 e. The number of benzene rings is 1. The molecule has 3 aliphatic heterocycles. The van der Waals surface area contributed by atoms with Gasteiger partial charge in [0.15, 0.2) is 5.96 Å². The first-order valence-corrected chi connectivity index (χ1v) is 12.4. The van der Waals surface area contributed by atoms with Crippen molar-refractivity contribution in [1.29, 1.82) is 0 Å². The third-order valence-electron chi connectivity index (χ3n) is 6.96. The minimum Gasteiger partial charge on any atom is -0.368 e. The highest BCUT2D eigenvalue weighted by molar-refractivity contribution is 5.82. The van der Waals surface area contributed by atoms with Crippen LogP contribution in [0, 0.1) is 0 Å². The van der Waals surface area contributed by atoms with Crippen molar-refractivity contribution >= 4 is 11.9 Å². The zero-order chi connectivity index (χ0) is 22.2. The molecule has 1 aromatic rings. The van der Waals surface area contributed by atoms with E-state index in [0.29, 0.717) is 6.61 Å². The molecule has 1 N–H and O–H groups in total. The quantitative estimate of drug-likeness (QED) is 0.562. The number of rotatable bonds is 5. The molecule has 4 rings (SSSR count). The summed E-state index contributed by atoms with van der Waals surface area (Å²) in [6, 6.07) is 8.77. The van der Waals surface area contributed by atoms with Crippen molar-refractivity contribution in [2.45, 2.75) is 57.7 Å². The van der Waals surface area contributed by atoms with Crippen molar-refractivity contribution in [3.8, 4) is 0 Å². The average molecular weight is 442 g/mol. The Morgan fingerprint density at radius 1 is 0.969 bits per heavy atom. The summed E-state index contributed by atoms with van der Waals surface area (Å²) in [5.74, 6) is 1.08. The summed E-state index contributed by atoms with van der Waals surface area (Å²) in [6.45, 7) is 7.98. The molecule has 1 atom stereocenters. The number of nitrogens with zero attached hydrogens (tertiary/aromatic N) is 4. The van der Waals surface area contributed by atoms with Crippen LogP contribution in [0.1, 0.15) is 49.7 Å². The highest BCUT2D eigenvalue weighted by Crippen LogP contribution is 2.18. The number of likely N-dealkylation sites (tertiary alicyclic amines) is 1. The van der Waals surface area contributed by atoms with Gasteiger partial charge in [0.2, 0.25) is 0 Å². The van der Waals surface area contributed by atoms with E-state index in [1.165, 1.54) is 49.9 Å². The van der Waals surface area contributed by atoms with E-state index in [2.05, 4.69) is 44.4 Å². The van der Waals surface area contributed by atoms with Crippen LogP contribution >= 0.6 is 0 Å². The van der Waals surface area contributed by atoms with Crippen LogP contribution in [0.15, 0.2) is 29.3 Å². The number of hydrogen-bond donors (Lipinski definition) is 1. The fraction of sp³-hybridized carbons (Fsp3) is 0.680. The molecule has 0 radical (unpaired) electrons. The Labute approximate surface area is 192 Å². The van der Waals surface area contributed by atoms with E-state index in [0.717, 1.165) is 58.1 Å². The predicted octanol–water partition coefficient (Wildman–Crippen LogP) is 2.46. The van der Waals surface area contributed by atoms with E-state index in [4.69, 9.17) is 4.74 Å². The average Bonchev–Trinajstić information content (AvgIpc) is 3.25. The lowest BCUT2D eigenvalue weighted by Crippen LogP contribution is -2.55. The van der Waals surface area contributed by atoms with Gasteiger partial charge in [0.05, 0.1) is 0 Å². The highest BCUT2D eigenvalue weighted by atomic mass is 16.5. The van der Waals surface area contributed by atoms with E-state index < -0.39 is 0 Å². The molecule has 7 nitrogen and oxygen atoms in total. The molecule has 3 heterocycles. The van der Waals surface area contributed by atoms with Crippen molar-refractivity contribution in [3.05, 3.63) is 35.4 Å². The number of nitrogens with one attached hydrogen (secondary N) is 1. The molecule has 176 valence electrons. The maximum absolute atomic E-state index is 12.6. The first kappa shape index (κ1) is 23.1. The summed E-state index contributed by atoms with van der Waals surface area (Å²) in [5.41, 5.74) is 2.74. The standard InChI is InChI=1S/C25H39N5O2/c1-26-25(30-16-14-29(15-17-30)24(31)23-11-8-18-32-23)27-19-21-9-4-5-10-22(21)20-28-12-6-2-3-7-13-28/h4-5,9-10,23H,2-3,6-8,11-20H2,1H3,(H,26,27). The predicted molar refractivity (Wildman–Crippen MR) is 128 cm³/mol. The van der Waals surface area contributed by atoms with Gasteiger partial charge >= 0.3 is 0 Å². The zero-order valence-electron chi connectivity index (χ0n) is 19.6. The van der Waals surface area contributed by atoms with Crippen molar-refractivity contribution in [2.24, 2.45) is 4.99 Å². The van der Waals surface area contributed by atoms with E-state index in [-0.39, 0.29) is 12.0 Å². The second-order valence-corrected chi connectivity index (χ2v) is 9.17. The summed E-state index contributed by atoms with van der Waals surface area (Å²) in [4.78, 5) is 24.0. The van der Waals surface area contributed by atoms with Crippen LogP contribution in [0.2, 0.25) is 0 Å². The number of carbonyl (C=O) groups excluding carboxylic acids is 1. The van der Waals surface area contributed by atoms with Gasteiger partial charge in [0, 0.05) is 52.9 Å². The number of aliphatic imine (C=N–C) groups is 1. The fourth-order valence-electron chi connectivity index (χ4n) is 5.04. The highest BCUT2D eigenvalue weighted by Gasteiger charge is 2.30. The molecule has 0 saturated carbocycles. The maximum Gasteiger partial charge on any atom is 0.251 e. The van der Waals surface area contributed by atoms with Crippen LogP contribution < -0.4 is 5.32 Å². The SMILES string of the molecule is CN=C(NCc1ccccc1CN1CCCCCC1)N1CCN(C(=O)C2CCCO2)CC1. The molecule has 1 unspecified atom stereocenters. The Morgan fingerprint density at radius 2 is 1.66 bits per heavy atom. The maximum atomic E-state index is 12.6. The van der Waals surface area contributed by atoms with Gasteiger partial charge in [-0.1, -0.05) is 37.1 Å². The molecular formula is C25H39N5O2. The number of piperazine rings is 1. The zero-order valence-corrected chi connectivity index (χ0v) is 19.6. The molecule has 3 aliphatic rings. The third kappa shape index (κ3) is 6.01. The topological polar surface area (TPSA) is 60.4 Å². The number of ether oxygens (including phenoxy) is 1. The monoisotopic (exact) mass is 441 g/mol. The molecule has 1 aromatic carbocycles. The molecule has 0 aliphatic carbocycles. The van der Waals surface area contributed by atoms with E-state index in [1.54, 1.807) is 0 Å². The van der Waals surface area contributed by atoms with Crippen LogP contribution in [0.3, 0.4) is 0 Å². The van der Waals surface area contributed by atoms with Crippen LogP contribution in [0.4, 0.5) is 0 Å². The summed E-state index contributed by atoms with van der Waals surface area (Å²) in [5, 5.41) is 3.57.